The predicted octanol–water partition coefficient (Wildman–Crippen LogP) is 2.62. The fourth-order valence-corrected chi connectivity index (χ4v) is 3.50. The van der Waals surface area contributed by atoms with Crippen LogP contribution >= 0.6 is 11.3 Å². The minimum Gasteiger partial charge on any atom is -0.462 e. The summed E-state index contributed by atoms with van der Waals surface area (Å²) in [6, 6.07) is 4.12. The van der Waals surface area contributed by atoms with Crippen LogP contribution in [0.4, 0.5) is 0 Å². The maximum atomic E-state index is 12.2. The average molecular weight is 305 g/mol. The van der Waals surface area contributed by atoms with E-state index >= 15 is 0 Å². The average Bonchev–Trinajstić information content (AvgIpc) is 3.24. The highest BCUT2D eigenvalue weighted by molar-refractivity contribution is 7.13. The van der Waals surface area contributed by atoms with Gasteiger partial charge in [-0.1, -0.05) is 6.92 Å². The molecule has 0 aromatic carbocycles. The van der Waals surface area contributed by atoms with Gasteiger partial charge in [0.15, 0.2) is 10.8 Å². The summed E-state index contributed by atoms with van der Waals surface area (Å²) in [5.74, 6) is 0.596. The van der Waals surface area contributed by atoms with Crippen molar-refractivity contribution in [1.29, 1.82) is 0 Å². The van der Waals surface area contributed by atoms with Gasteiger partial charge in [-0.2, -0.15) is 0 Å². The molecular formula is C15H19N3O2S. The van der Waals surface area contributed by atoms with Gasteiger partial charge in [0.2, 0.25) is 0 Å². The molecule has 2 aromatic rings. The number of nitrogens with zero attached hydrogens (tertiary/aromatic N) is 2. The van der Waals surface area contributed by atoms with E-state index in [0.717, 1.165) is 24.5 Å². The quantitative estimate of drug-likeness (QED) is 0.922. The van der Waals surface area contributed by atoms with Crippen molar-refractivity contribution >= 4 is 17.2 Å². The Balaban J connectivity index is 1.58. The molecule has 112 valence electrons. The van der Waals surface area contributed by atoms with E-state index < -0.39 is 0 Å². The zero-order valence-electron chi connectivity index (χ0n) is 12.0. The molecule has 0 saturated carbocycles. The van der Waals surface area contributed by atoms with E-state index in [1.165, 1.54) is 17.8 Å². The van der Waals surface area contributed by atoms with Gasteiger partial charge >= 0.3 is 0 Å². The molecule has 1 aliphatic heterocycles. The third kappa shape index (κ3) is 3.16. The van der Waals surface area contributed by atoms with Crippen LogP contribution in [-0.4, -0.2) is 41.5 Å². The molecule has 3 heterocycles. The number of hydrogen-bond acceptors (Lipinski definition) is 5. The van der Waals surface area contributed by atoms with Crippen LogP contribution in [0.5, 0.6) is 0 Å². The molecule has 0 unspecified atom stereocenters. The van der Waals surface area contributed by atoms with Gasteiger partial charge in [-0.05, 0) is 38.1 Å². The highest BCUT2D eigenvalue weighted by Gasteiger charge is 2.23. The summed E-state index contributed by atoms with van der Waals surface area (Å²) >= 11 is 1.42. The van der Waals surface area contributed by atoms with Gasteiger partial charge in [0, 0.05) is 18.0 Å². The molecule has 0 aliphatic carbocycles. The number of nitrogens with one attached hydrogen (secondary N) is 1. The summed E-state index contributed by atoms with van der Waals surface area (Å²) in [4.78, 5) is 18.9. The molecule has 21 heavy (non-hydrogen) atoms. The molecule has 0 spiro atoms. The number of carbonyl (C=O) groups is 1. The first-order valence-electron chi connectivity index (χ1n) is 7.29. The Bertz CT molecular complexity index is 594. The van der Waals surface area contributed by atoms with Crippen LogP contribution in [0, 0.1) is 0 Å². The lowest BCUT2D eigenvalue weighted by Crippen LogP contribution is -2.40. The number of amides is 1. The molecule has 3 rings (SSSR count). The summed E-state index contributed by atoms with van der Waals surface area (Å²) in [6.45, 7) is 5.03. The van der Waals surface area contributed by atoms with Crippen molar-refractivity contribution in [3.63, 3.8) is 0 Å². The topological polar surface area (TPSA) is 58.4 Å². The zero-order valence-corrected chi connectivity index (χ0v) is 12.9. The number of likely N-dealkylation sites (N-methyl/N-ethyl adjacent to an activating group) is 1. The van der Waals surface area contributed by atoms with E-state index in [9.17, 15) is 4.79 Å². The SMILES string of the molecule is CCN1CCC[C@@H]1CNC(=O)c1csc(-c2ccco2)n1. The van der Waals surface area contributed by atoms with Gasteiger partial charge in [0.1, 0.15) is 5.69 Å². The second kappa shape index (κ2) is 6.41. The van der Waals surface area contributed by atoms with E-state index in [0.29, 0.717) is 24.0 Å². The Morgan fingerprint density at radius 1 is 1.62 bits per heavy atom. The molecule has 0 radical (unpaired) electrons. The molecule has 0 bridgehead atoms. The van der Waals surface area contributed by atoms with Crippen molar-refractivity contribution in [3.8, 4) is 10.8 Å². The Morgan fingerprint density at radius 3 is 3.29 bits per heavy atom. The van der Waals surface area contributed by atoms with Crippen molar-refractivity contribution in [1.82, 2.24) is 15.2 Å². The molecule has 1 saturated heterocycles. The number of rotatable bonds is 5. The predicted molar refractivity (Wildman–Crippen MR) is 82.4 cm³/mol. The number of furan rings is 1. The number of aromatic nitrogens is 1. The van der Waals surface area contributed by atoms with Gasteiger partial charge in [-0.15, -0.1) is 11.3 Å². The lowest BCUT2D eigenvalue weighted by atomic mass is 10.2. The zero-order chi connectivity index (χ0) is 14.7. The van der Waals surface area contributed by atoms with Crippen LogP contribution < -0.4 is 5.32 Å². The summed E-state index contributed by atoms with van der Waals surface area (Å²) in [6.07, 6.45) is 3.98. The lowest BCUT2D eigenvalue weighted by Gasteiger charge is -2.22. The van der Waals surface area contributed by atoms with Gasteiger partial charge in [-0.3, -0.25) is 9.69 Å². The van der Waals surface area contributed by atoms with Crippen LogP contribution in [0.25, 0.3) is 10.8 Å². The highest BCUT2D eigenvalue weighted by Crippen LogP contribution is 2.24. The fourth-order valence-electron chi connectivity index (χ4n) is 2.74. The lowest BCUT2D eigenvalue weighted by molar-refractivity contribution is 0.0937. The van der Waals surface area contributed by atoms with E-state index in [1.807, 2.05) is 12.1 Å². The fraction of sp³-hybridized carbons (Fsp3) is 0.467. The second-order valence-corrected chi connectivity index (χ2v) is 6.01. The normalized spacial score (nSPS) is 19.0. The summed E-state index contributed by atoms with van der Waals surface area (Å²) in [5.41, 5.74) is 0.465. The molecule has 1 amide bonds. The van der Waals surface area contributed by atoms with Crippen LogP contribution in [0.3, 0.4) is 0 Å². The minimum atomic E-state index is -0.105. The molecular weight excluding hydrogens is 286 g/mol. The second-order valence-electron chi connectivity index (χ2n) is 5.15. The van der Waals surface area contributed by atoms with Crippen LogP contribution in [0.2, 0.25) is 0 Å². The molecule has 5 nitrogen and oxygen atoms in total. The minimum absolute atomic E-state index is 0.105. The van der Waals surface area contributed by atoms with Gasteiger partial charge < -0.3 is 9.73 Å². The molecule has 1 N–H and O–H groups in total. The first-order valence-corrected chi connectivity index (χ1v) is 8.17. The first-order chi connectivity index (χ1) is 10.3. The maximum absolute atomic E-state index is 12.2. The number of hydrogen-bond donors (Lipinski definition) is 1. The Morgan fingerprint density at radius 2 is 2.52 bits per heavy atom. The van der Waals surface area contributed by atoms with Crippen LogP contribution in [-0.2, 0) is 0 Å². The molecule has 6 heteroatoms. The van der Waals surface area contributed by atoms with Crippen molar-refractivity contribution < 1.29 is 9.21 Å². The third-order valence-corrected chi connectivity index (χ3v) is 4.73. The highest BCUT2D eigenvalue weighted by atomic mass is 32.1. The number of carbonyl (C=O) groups excluding carboxylic acids is 1. The first kappa shape index (κ1) is 14.3. The summed E-state index contributed by atoms with van der Waals surface area (Å²) in [5, 5.41) is 5.51. The Hall–Kier alpha value is -1.66. The van der Waals surface area contributed by atoms with Gasteiger partial charge in [0.05, 0.1) is 6.26 Å². The van der Waals surface area contributed by atoms with Crippen molar-refractivity contribution in [2.24, 2.45) is 0 Å². The van der Waals surface area contributed by atoms with Crippen molar-refractivity contribution in [2.75, 3.05) is 19.6 Å². The third-order valence-electron chi connectivity index (χ3n) is 3.87. The number of thiazole rings is 1. The van der Waals surface area contributed by atoms with E-state index in [1.54, 1.807) is 11.6 Å². The summed E-state index contributed by atoms with van der Waals surface area (Å²) in [7, 11) is 0. The van der Waals surface area contributed by atoms with E-state index in [-0.39, 0.29) is 5.91 Å². The monoisotopic (exact) mass is 305 g/mol. The molecule has 1 atom stereocenters. The van der Waals surface area contributed by atoms with Gasteiger partial charge in [0.25, 0.3) is 5.91 Å². The maximum Gasteiger partial charge on any atom is 0.270 e. The van der Waals surface area contributed by atoms with E-state index in [2.05, 4.69) is 22.1 Å². The Kier molecular flexibility index (Phi) is 4.36. The van der Waals surface area contributed by atoms with Gasteiger partial charge in [-0.25, -0.2) is 4.98 Å². The molecule has 1 aliphatic rings. The van der Waals surface area contributed by atoms with Crippen molar-refractivity contribution in [2.45, 2.75) is 25.8 Å². The standard InChI is InChI=1S/C15H19N3O2S/c1-2-18-7-3-5-11(18)9-16-14(19)12-10-21-15(17-12)13-6-4-8-20-13/h4,6,8,10-11H,2-3,5,7,9H2,1H3,(H,16,19)/t11-/m1/s1. The van der Waals surface area contributed by atoms with Crippen molar-refractivity contribution in [3.05, 3.63) is 29.5 Å². The summed E-state index contributed by atoms with van der Waals surface area (Å²) < 4.78 is 5.29. The smallest absolute Gasteiger partial charge is 0.270 e. The van der Waals surface area contributed by atoms with Crippen LogP contribution in [0.1, 0.15) is 30.3 Å². The van der Waals surface area contributed by atoms with Crippen LogP contribution in [0.15, 0.2) is 28.2 Å². The molecule has 1 fully saturated rings. The largest absolute Gasteiger partial charge is 0.462 e. The Labute approximate surface area is 128 Å². The molecule has 2 aromatic heterocycles. The number of likely N-dealkylation sites (tertiary alicyclic amines) is 1. The van der Waals surface area contributed by atoms with E-state index in [4.69, 9.17) is 4.42 Å².